The molecule has 3 aliphatic rings. The van der Waals surface area contributed by atoms with Crippen LogP contribution in [0.15, 0.2) is 23.0 Å². The van der Waals surface area contributed by atoms with Gasteiger partial charge in [-0.25, -0.2) is 0 Å². The average Bonchev–Trinajstić information content (AvgIpc) is 2.74. The van der Waals surface area contributed by atoms with E-state index in [-0.39, 0.29) is 17.6 Å². The fourth-order valence-corrected chi connectivity index (χ4v) is 6.92. The Balaban J connectivity index is 1.27. The molecule has 5 nitrogen and oxygen atoms in total. The molecule has 4 rings (SSSR count). The summed E-state index contributed by atoms with van der Waals surface area (Å²) in [5.74, 6) is 2.05. The summed E-state index contributed by atoms with van der Waals surface area (Å²) in [7, 11) is 0. The Labute approximate surface area is 184 Å². The number of ether oxygens (including phenoxy) is 1. The van der Waals surface area contributed by atoms with Crippen LogP contribution in [0, 0.1) is 5.92 Å². The van der Waals surface area contributed by atoms with Gasteiger partial charge in [0.2, 0.25) is 0 Å². The quantitative estimate of drug-likeness (QED) is 0.458. The predicted octanol–water partition coefficient (Wildman–Crippen LogP) is 4.05. The lowest BCUT2D eigenvalue weighted by Crippen LogP contribution is -2.47. The first-order chi connectivity index (χ1) is 14.6. The summed E-state index contributed by atoms with van der Waals surface area (Å²) >= 11 is 2.01. The third-order valence-corrected chi connectivity index (χ3v) is 8.43. The molecule has 1 aromatic heterocycles. The number of carbonyl (C=O) groups excluding carboxylic acids is 1. The van der Waals surface area contributed by atoms with Gasteiger partial charge in [0, 0.05) is 49.1 Å². The molecule has 0 amide bonds. The van der Waals surface area contributed by atoms with Gasteiger partial charge < -0.3 is 14.2 Å². The number of esters is 1. The van der Waals surface area contributed by atoms with Crippen LogP contribution in [-0.2, 0) is 16.1 Å². The Morgan fingerprint density at radius 2 is 2.07 bits per heavy atom. The van der Waals surface area contributed by atoms with Crippen molar-refractivity contribution >= 4 is 17.7 Å². The zero-order valence-electron chi connectivity index (χ0n) is 18.3. The highest BCUT2D eigenvalue weighted by atomic mass is 32.2. The molecule has 0 aromatic carbocycles. The van der Waals surface area contributed by atoms with Crippen molar-refractivity contribution in [3.05, 3.63) is 34.2 Å². The number of thioether (sulfide) groups is 1. The van der Waals surface area contributed by atoms with Crippen molar-refractivity contribution in [2.45, 2.75) is 82.1 Å². The van der Waals surface area contributed by atoms with E-state index in [0.29, 0.717) is 23.5 Å². The first-order valence-corrected chi connectivity index (χ1v) is 12.9. The highest BCUT2D eigenvalue weighted by molar-refractivity contribution is 7.99. The van der Waals surface area contributed by atoms with Crippen LogP contribution in [0.5, 0.6) is 0 Å². The molecule has 166 valence electrons. The molecule has 0 N–H and O–H groups in total. The molecule has 0 radical (unpaired) electrons. The number of hydrogen-bond donors (Lipinski definition) is 0. The number of rotatable bonds is 8. The van der Waals surface area contributed by atoms with Gasteiger partial charge >= 0.3 is 5.97 Å². The van der Waals surface area contributed by atoms with Gasteiger partial charge in [-0.3, -0.25) is 9.59 Å². The number of nitrogens with zero attached hydrogens (tertiary/aromatic N) is 2. The fourth-order valence-electron chi connectivity index (χ4n) is 5.42. The summed E-state index contributed by atoms with van der Waals surface area (Å²) in [6.07, 6.45) is 8.85. The first-order valence-electron chi connectivity index (χ1n) is 11.9. The summed E-state index contributed by atoms with van der Waals surface area (Å²) in [6.45, 7) is 5.72. The number of pyridine rings is 1. The lowest BCUT2D eigenvalue weighted by atomic mass is 9.83. The maximum Gasteiger partial charge on any atom is 0.307 e. The molecule has 1 aliphatic carbocycles. The summed E-state index contributed by atoms with van der Waals surface area (Å²) in [4.78, 5) is 27.2. The van der Waals surface area contributed by atoms with Crippen LogP contribution in [0.2, 0.25) is 0 Å². The standard InChI is InChI=1S/C24H36N2O3S/c1-2-3-13-30-22-9-5-4-8-21(22)29-24(28)11-12-25-15-18-14-19(17-25)20-7-6-10-23(27)26(20)16-18/h6-7,10,18-19,21-22H,2-5,8-9,11-17H2,1H3/t18-,19-,21-,22+/m0/s1. The van der Waals surface area contributed by atoms with Crippen molar-refractivity contribution in [1.82, 2.24) is 9.47 Å². The number of unbranched alkanes of at least 4 members (excludes halogenated alkanes) is 1. The van der Waals surface area contributed by atoms with E-state index in [9.17, 15) is 9.59 Å². The molecule has 1 saturated carbocycles. The van der Waals surface area contributed by atoms with Gasteiger partial charge in [0.25, 0.3) is 5.56 Å². The number of piperidine rings is 1. The van der Waals surface area contributed by atoms with E-state index < -0.39 is 0 Å². The minimum Gasteiger partial charge on any atom is -0.461 e. The zero-order valence-corrected chi connectivity index (χ0v) is 19.1. The highest BCUT2D eigenvalue weighted by Gasteiger charge is 2.35. The lowest BCUT2D eigenvalue weighted by molar-refractivity contribution is -0.150. The normalized spacial score (nSPS) is 28.7. The Morgan fingerprint density at radius 1 is 1.20 bits per heavy atom. The van der Waals surface area contributed by atoms with E-state index in [1.165, 1.54) is 43.6 Å². The lowest BCUT2D eigenvalue weighted by Gasteiger charge is -2.42. The molecule has 2 bridgehead atoms. The van der Waals surface area contributed by atoms with Gasteiger partial charge in [-0.1, -0.05) is 25.8 Å². The molecule has 2 fully saturated rings. The summed E-state index contributed by atoms with van der Waals surface area (Å²) in [5, 5.41) is 0.485. The van der Waals surface area contributed by atoms with Crippen LogP contribution >= 0.6 is 11.8 Å². The van der Waals surface area contributed by atoms with Crippen LogP contribution in [0.3, 0.4) is 0 Å². The summed E-state index contributed by atoms with van der Waals surface area (Å²) < 4.78 is 7.92. The SMILES string of the molecule is CCCCS[C@@H]1CCCC[C@@H]1OC(=O)CCN1C[C@@H]2C[C@@H](C1)c1cccc(=O)n1C2. The van der Waals surface area contributed by atoms with Crippen LogP contribution < -0.4 is 5.56 Å². The smallest absolute Gasteiger partial charge is 0.307 e. The molecule has 2 aliphatic heterocycles. The Morgan fingerprint density at radius 3 is 2.93 bits per heavy atom. The van der Waals surface area contributed by atoms with Crippen molar-refractivity contribution < 1.29 is 9.53 Å². The molecule has 1 saturated heterocycles. The molecule has 0 spiro atoms. The third kappa shape index (κ3) is 5.31. The monoisotopic (exact) mass is 432 g/mol. The largest absolute Gasteiger partial charge is 0.461 e. The van der Waals surface area contributed by atoms with Gasteiger partial charge in [0.15, 0.2) is 0 Å². The predicted molar refractivity (Wildman–Crippen MR) is 122 cm³/mol. The Kier molecular flexibility index (Phi) is 7.58. The minimum atomic E-state index is -0.0321. The molecular weight excluding hydrogens is 396 g/mol. The van der Waals surface area contributed by atoms with Gasteiger partial charge in [-0.15, -0.1) is 0 Å². The van der Waals surface area contributed by atoms with E-state index in [0.717, 1.165) is 39.0 Å². The fraction of sp³-hybridized carbons (Fsp3) is 0.750. The highest BCUT2D eigenvalue weighted by Crippen LogP contribution is 2.35. The molecule has 4 atom stereocenters. The number of carbonyl (C=O) groups is 1. The van der Waals surface area contributed by atoms with Gasteiger partial charge in [0.1, 0.15) is 6.10 Å². The maximum atomic E-state index is 12.6. The first kappa shape index (κ1) is 21.9. The average molecular weight is 433 g/mol. The second-order valence-electron chi connectivity index (χ2n) is 9.28. The molecule has 0 unspecified atom stereocenters. The van der Waals surface area contributed by atoms with E-state index >= 15 is 0 Å². The van der Waals surface area contributed by atoms with Crippen LogP contribution in [0.1, 0.15) is 69.9 Å². The molecule has 3 heterocycles. The molecule has 6 heteroatoms. The van der Waals surface area contributed by atoms with Crippen LogP contribution in [0.4, 0.5) is 0 Å². The summed E-state index contributed by atoms with van der Waals surface area (Å²) in [5.41, 5.74) is 1.29. The van der Waals surface area contributed by atoms with Crippen molar-refractivity contribution in [3.8, 4) is 0 Å². The molecule has 30 heavy (non-hydrogen) atoms. The second kappa shape index (κ2) is 10.4. The third-order valence-electron chi connectivity index (χ3n) is 6.94. The Bertz CT molecular complexity index is 780. The van der Waals surface area contributed by atoms with E-state index in [2.05, 4.69) is 17.9 Å². The number of fused-ring (bicyclic) bond motifs is 4. The van der Waals surface area contributed by atoms with Crippen LogP contribution in [0.25, 0.3) is 0 Å². The van der Waals surface area contributed by atoms with E-state index in [1.807, 2.05) is 22.4 Å². The van der Waals surface area contributed by atoms with E-state index in [4.69, 9.17) is 4.74 Å². The van der Waals surface area contributed by atoms with Crippen molar-refractivity contribution in [2.75, 3.05) is 25.4 Å². The number of likely N-dealkylation sites (tertiary alicyclic amines) is 1. The number of aromatic nitrogens is 1. The molecular formula is C24H36N2O3S. The second-order valence-corrected chi connectivity index (χ2v) is 10.6. The van der Waals surface area contributed by atoms with Gasteiger partial charge in [0.05, 0.1) is 6.42 Å². The van der Waals surface area contributed by atoms with E-state index in [1.54, 1.807) is 6.07 Å². The van der Waals surface area contributed by atoms with Crippen molar-refractivity contribution in [1.29, 1.82) is 0 Å². The van der Waals surface area contributed by atoms with Crippen LogP contribution in [-0.4, -0.2) is 52.2 Å². The maximum absolute atomic E-state index is 12.6. The minimum absolute atomic E-state index is 0.0321. The van der Waals surface area contributed by atoms with Gasteiger partial charge in [-0.2, -0.15) is 11.8 Å². The summed E-state index contributed by atoms with van der Waals surface area (Å²) in [6, 6.07) is 5.64. The topological polar surface area (TPSA) is 51.5 Å². The Hall–Kier alpha value is -1.27. The number of hydrogen-bond acceptors (Lipinski definition) is 5. The van der Waals surface area contributed by atoms with Crippen molar-refractivity contribution in [2.24, 2.45) is 5.92 Å². The zero-order chi connectivity index (χ0) is 20.9. The van der Waals surface area contributed by atoms with Gasteiger partial charge in [-0.05, 0) is 49.8 Å². The molecule has 1 aromatic rings. The van der Waals surface area contributed by atoms with Crippen molar-refractivity contribution in [3.63, 3.8) is 0 Å².